The monoisotopic (exact) mass is 1010 g/mol. The van der Waals surface area contributed by atoms with Gasteiger partial charge in [0.2, 0.25) is 0 Å². The van der Waals surface area contributed by atoms with E-state index in [4.69, 9.17) is 23.0 Å². The first-order chi connectivity index (χ1) is 35.2. The highest BCUT2D eigenvalue weighted by Crippen LogP contribution is 2.42. The summed E-state index contributed by atoms with van der Waals surface area (Å²) >= 11 is 0. The van der Waals surface area contributed by atoms with Crippen molar-refractivity contribution in [1.29, 1.82) is 0 Å². The molecule has 73 heavy (non-hydrogen) atoms. The molecular weight excluding hydrogens is 955 g/mol. The fourth-order valence-corrected chi connectivity index (χ4v) is 10.8. The average Bonchev–Trinajstić information content (AvgIpc) is 4.07. The summed E-state index contributed by atoms with van der Waals surface area (Å²) in [6, 6.07) is 15.1. The molecule has 7 heterocycles. The third-order valence-electron chi connectivity index (χ3n) is 14.2. The SMILES string of the molecule is C[C@@H]1CN(c2cc(=O)c3cc(C(=O)N4CCOCC4)cc(C4CCCN4c4cc(F)cc(F)c4)c3o2)CCO1.C[C@@H]1CN(c2cc(=O)c3cc(C(=O)O)cc(C4CCCN4c4cc(F)cc(F)c4)c3o2)CCO1. The molecule has 19 heteroatoms. The number of anilines is 4. The van der Waals surface area contributed by atoms with Crippen LogP contribution in [0.15, 0.2) is 91.2 Å². The van der Waals surface area contributed by atoms with Gasteiger partial charge in [-0.25, -0.2) is 22.4 Å². The number of hydrogen-bond donors (Lipinski definition) is 1. The second-order valence-electron chi connectivity index (χ2n) is 19.2. The van der Waals surface area contributed by atoms with Gasteiger partial charge >= 0.3 is 5.97 Å². The molecular formula is C54H55F4N5O10. The van der Waals surface area contributed by atoms with Crippen molar-refractivity contribution in [2.45, 2.75) is 63.8 Å². The van der Waals surface area contributed by atoms with E-state index < -0.39 is 35.3 Å². The van der Waals surface area contributed by atoms with E-state index in [-0.39, 0.29) is 46.0 Å². The molecule has 384 valence electrons. The molecule has 1 N–H and O–H groups in total. The maximum Gasteiger partial charge on any atom is 0.335 e. The van der Waals surface area contributed by atoms with E-state index in [1.807, 2.05) is 33.4 Å². The van der Waals surface area contributed by atoms with Crippen LogP contribution in [-0.4, -0.2) is 113 Å². The summed E-state index contributed by atoms with van der Waals surface area (Å²) in [5.41, 5.74) is 2.37. The zero-order valence-electron chi connectivity index (χ0n) is 40.4. The minimum Gasteiger partial charge on any atom is -0.478 e. The summed E-state index contributed by atoms with van der Waals surface area (Å²) in [5.74, 6) is -3.24. The summed E-state index contributed by atoms with van der Waals surface area (Å²) in [6.45, 7) is 10.1. The highest BCUT2D eigenvalue weighted by molar-refractivity contribution is 5.99. The van der Waals surface area contributed by atoms with Gasteiger partial charge < -0.3 is 52.7 Å². The number of hydrogen-bond acceptors (Lipinski definition) is 13. The number of ether oxygens (including phenoxy) is 3. The van der Waals surface area contributed by atoms with Gasteiger partial charge in [0.05, 0.1) is 67.1 Å². The van der Waals surface area contributed by atoms with Gasteiger partial charge in [-0.15, -0.1) is 0 Å². The van der Waals surface area contributed by atoms with Crippen LogP contribution in [0.3, 0.4) is 0 Å². The van der Waals surface area contributed by atoms with E-state index in [1.165, 1.54) is 48.5 Å². The van der Waals surface area contributed by atoms with Crippen molar-refractivity contribution in [1.82, 2.24) is 4.90 Å². The molecule has 2 unspecified atom stereocenters. The number of amides is 1. The molecule has 6 aromatic rings. The van der Waals surface area contributed by atoms with E-state index in [1.54, 1.807) is 17.0 Å². The number of morpholine rings is 3. The lowest BCUT2D eigenvalue weighted by molar-refractivity contribution is 0.0303. The minimum atomic E-state index is -1.17. The third kappa shape index (κ3) is 10.5. The predicted octanol–water partition coefficient (Wildman–Crippen LogP) is 8.45. The molecule has 0 bridgehead atoms. The maximum absolute atomic E-state index is 14.2. The van der Waals surface area contributed by atoms with Crippen molar-refractivity contribution in [3.63, 3.8) is 0 Å². The zero-order valence-corrected chi connectivity index (χ0v) is 40.4. The van der Waals surface area contributed by atoms with E-state index >= 15 is 0 Å². The molecule has 4 atom stereocenters. The lowest BCUT2D eigenvalue weighted by Gasteiger charge is -2.32. The number of nitrogens with zero attached hydrogens (tertiary/aromatic N) is 5. The molecule has 0 radical (unpaired) electrons. The molecule has 1 amide bonds. The van der Waals surface area contributed by atoms with Crippen LogP contribution in [0, 0.1) is 23.3 Å². The molecule has 5 aliphatic rings. The number of carboxylic acids is 1. The molecule has 5 saturated heterocycles. The Morgan fingerprint density at radius 3 is 1.42 bits per heavy atom. The van der Waals surface area contributed by atoms with Crippen molar-refractivity contribution in [3.8, 4) is 0 Å². The highest BCUT2D eigenvalue weighted by atomic mass is 19.1. The first-order valence-corrected chi connectivity index (χ1v) is 24.7. The van der Waals surface area contributed by atoms with Gasteiger partial charge in [-0.1, -0.05) is 0 Å². The van der Waals surface area contributed by atoms with E-state index in [0.29, 0.717) is 148 Å². The average molecular weight is 1010 g/mol. The molecule has 15 nitrogen and oxygen atoms in total. The number of fused-ring (bicyclic) bond motifs is 2. The smallest absolute Gasteiger partial charge is 0.335 e. The van der Waals surface area contributed by atoms with Gasteiger partial charge in [-0.2, -0.15) is 0 Å². The van der Waals surface area contributed by atoms with Crippen molar-refractivity contribution in [2.75, 3.05) is 98.4 Å². The Morgan fingerprint density at radius 2 is 0.986 bits per heavy atom. The molecule has 0 aliphatic carbocycles. The van der Waals surface area contributed by atoms with Gasteiger partial charge in [0.15, 0.2) is 22.6 Å². The standard InChI is InChI=1S/C29H31F2N3O5.C25H24F2N2O5/c1-18-17-33(7-10-38-18)27-16-26(35)24-12-19(29(36)32-5-8-37-9-6-32)11-23(28(24)39-27)25-3-2-4-34(25)22-14-20(30)13-21(31)15-22;1-14-13-28(5-6-33-14)23-12-22(30)20-8-15(25(31)32)7-19(24(20)34-23)21-3-2-4-29(21)18-10-16(26)9-17(27)11-18/h11-16,18,25H,2-10,17H2,1H3;7-12,14,21H,2-6,13H2,1H3,(H,31,32)/t18-,25?;14-,21?/m11/s1. The molecule has 2 aromatic heterocycles. The topological polar surface area (TPSA) is 159 Å². The van der Waals surface area contributed by atoms with E-state index in [0.717, 1.165) is 25.0 Å². The second-order valence-corrected chi connectivity index (χ2v) is 19.2. The van der Waals surface area contributed by atoms with Crippen LogP contribution in [0.4, 0.5) is 40.7 Å². The Balaban J connectivity index is 0.000000169. The normalized spacial score (nSPS) is 21.5. The number of carbonyl (C=O) groups excluding carboxylic acids is 1. The van der Waals surface area contributed by atoms with Crippen LogP contribution < -0.4 is 30.5 Å². The molecule has 5 aliphatic heterocycles. The quantitative estimate of drug-likeness (QED) is 0.145. The van der Waals surface area contributed by atoms with Gasteiger partial charge in [0.25, 0.3) is 5.91 Å². The Morgan fingerprint density at radius 1 is 0.548 bits per heavy atom. The van der Waals surface area contributed by atoms with Crippen LogP contribution in [0.5, 0.6) is 0 Å². The van der Waals surface area contributed by atoms with E-state index in [2.05, 4.69) is 0 Å². The van der Waals surface area contributed by atoms with Crippen LogP contribution in [0.1, 0.15) is 83.5 Å². The van der Waals surface area contributed by atoms with Crippen molar-refractivity contribution < 1.29 is 55.3 Å². The van der Waals surface area contributed by atoms with Crippen LogP contribution in [0.2, 0.25) is 0 Å². The number of benzene rings is 4. The molecule has 0 saturated carbocycles. The van der Waals surface area contributed by atoms with Gasteiger partial charge in [-0.05, 0) is 88.1 Å². The fourth-order valence-electron chi connectivity index (χ4n) is 10.8. The summed E-state index contributed by atoms with van der Waals surface area (Å²) in [7, 11) is 0. The second kappa shape index (κ2) is 20.9. The Labute approximate surface area is 417 Å². The van der Waals surface area contributed by atoms with Crippen molar-refractivity contribution in [3.05, 3.63) is 139 Å². The number of aromatic carboxylic acids is 1. The molecule has 5 fully saturated rings. The third-order valence-corrected chi connectivity index (χ3v) is 14.2. The fraction of sp³-hybridized carbons (Fsp3) is 0.407. The lowest BCUT2D eigenvalue weighted by atomic mass is 9.97. The minimum absolute atomic E-state index is 0.0130. The van der Waals surface area contributed by atoms with Gasteiger partial charge in [0.1, 0.15) is 34.4 Å². The predicted molar refractivity (Wildman–Crippen MR) is 265 cm³/mol. The summed E-state index contributed by atoms with van der Waals surface area (Å²) in [5, 5.41) is 10.2. The first kappa shape index (κ1) is 49.6. The van der Waals surface area contributed by atoms with Crippen molar-refractivity contribution >= 4 is 57.0 Å². The Kier molecular flexibility index (Phi) is 14.2. The highest BCUT2D eigenvalue weighted by Gasteiger charge is 2.34. The number of carbonyl (C=O) groups is 2. The van der Waals surface area contributed by atoms with Crippen LogP contribution >= 0.6 is 0 Å². The van der Waals surface area contributed by atoms with Gasteiger partial charge in [-0.3, -0.25) is 14.4 Å². The number of carboxylic acid groups (broad SMARTS) is 1. The van der Waals surface area contributed by atoms with Crippen molar-refractivity contribution in [2.24, 2.45) is 0 Å². The van der Waals surface area contributed by atoms with Crippen LogP contribution in [0.25, 0.3) is 21.9 Å². The largest absolute Gasteiger partial charge is 0.478 e. The zero-order chi connectivity index (χ0) is 51.1. The first-order valence-electron chi connectivity index (χ1n) is 24.7. The van der Waals surface area contributed by atoms with Crippen LogP contribution in [-0.2, 0) is 14.2 Å². The Hall–Kier alpha value is -6.96. The number of rotatable bonds is 8. The summed E-state index contributed by atoms with van der Waals surface area (Å²) in [6.07, 6.45) is 2.74. The Bertz CT molecular complexity index is 3160. The van der Waals surface area contributed by atoms with Gasteiger partial charge in [0, 0.05) is 105 Å². The van der Waals surface area contributed by atoms with E-state index in [9.17, 15) is 41.8 Å². The molecule has 0 spiro atoms. The lowest BCUT2D eigenvalue weighted by Crippen LogP contribution is -2.41. The summed E-state index contributed by atoms with van der Waals surface area (Å²) < 4.78 is 85.6. The summed E-state index contributed by atoms with van der Waals surface area (Å²) in [4.78, 5) is 61.3. The molecule has 4 aromatic carbocycles. The molecule has 11 rings (SSSR count). The number of halogens is 4. The maximum atomic E-state index is 14.2.